The number of nitrogens with zero attached hydrogens (tertiary/aromatic N) is 3. The van der Waals surface area contributed by atoms with E-state index in [2.05, 4.69) is 21.8 Å². The molecule has 5 nitrogen and oxygen atoms in total. The van der Waals surface area contributed by atoms with E-state index in [-0.39, 0.29) is 0 Å². The molecule has 1 heterocycles. The molecule has 0 aliphatic rings. The smallest absolute Gasteiger partial charge is 0.204 e. The maximum Gasteiger partial charge on any atom is 0.204 e. The van der Waals surface area contributed by atoms with Gasteiger partial charge in [0.05, 0.1) is 25.5 Å². The number of imidazole rings is 1. The van der Waals surface area contributed by atoms with E-state index in [1.807, 2.05) is 50.4 Å². The minimum Gasteiger partial charge on any atom is -0.497 e. The van der Waals surface area contributed by atoms with Crippen molar-refractivity contribution in [2.24, 2.45) is 7.05 Å². The normalized spacial score (nSPS) is 10.4. The summed E-state index contributed by atoms with van der Waals surface area (Å²) in [5, 5.41) is 3.44. The quantitative estimate of drug-likeness (QED) is 0.909. The van der Waals surface area contributed by atoms with E-state index >= 15 is 0 Å². The molecule has 2 rings (SSSR count). The van der Waals surface area contributed by atoms with Crippen LogP contribution < -0.4 is 15.0 Å². The number of rotatable bonds is 5. The Morgan fingerprint density at radius 3 is 2.65 bits per heavy atom. The van der Waals surface area contributed by atoms with Gasteiger partial charge in [-0.2, -0.15) is 0 Å². The summed E-state index contributed by atoms with van der Waals surface area (Å²) in [6, 6.07) is 6.03. The van der Waals surface area contributed by atoms with Crippen LogP contribution in [-0.2, 0) is 13.6 Å². The number of hydrogen-bond acceptors (Lipinski definition) is 4. The van der Waals surface area contributed by atoms with E-state index in [0.717, 1.165) is 29.6 Å². The number of nitrogens with one attached hydrogen (secondary N) is 1. The van der Waals surface area contributed by atoms with Gasteiger partial charge in [-0.3, -0.25) is 0 Å². The highest BCUT2D eigenvalue weighted by Gasteiger charge is 2.08. The summed E-state index contributed by atoms with van der Waals surface area (Å²) in [5.41, 5.74) is 3.42. The van der Waals surface area contributed by atoms with Gasteiger partial charge in [-0.25, -0.2) is 4.98 Å². The molecule has 1 aromatic carbocycles. The van der Waals surface area contributed by atoms with Crippen LogP contribution in [0.5, 0.6) is 5.75 Å². The molecular weight excluding hydrogens is 252 g/mol. The Hall–Kier alpha value is -2.17. The molecule has 5 heteroatoms. The number of aromatic nitrogens is 2. The monoisotopic (exact) mass is 274 g/mol. The van der Waals surface area contributed by atoms with E-state index in [4.69, 9.17) is 4.74 Å². The van der Waals surface area contributed by atoms with Crippen LogP contribution in [0, 0.1) is 6.92 Å². The molecule has 108 valence electrons. The van der Waals surface area contributed by atoms with E-state index in [1.54, 1.807) is 7.11 Å². The summed E-state index contributed by atoms with van der Waals surface area (Å²) in [4.78, 5) is 6.41. The second-order valence-electron chi connectivity index (χ2n) is 5.04. The van der Waals surface area contributed by atoms with Crippen LogP contribution in [0.3, 0.4) is 0 Å². The Morgan fingerprint density at radius 1 is 1.35 bits per heavy atom. The fourth-order valence-corrected chi connectivity index (χ4v) is 2.16. The first-order chi connectivity index (χ1) is 9.52. The number of aryl methyl sites for hydroxylation is 1. The number of anilines is 2. The molecule has 0 atom stereocenters. The highest BCUT2D eigenvalue weighted by Crippen LogP contribution is 2.22. The van der Waals surface area contributed by atoms with Crippen molar-refractivity contribution in [3.63, 3.8) is 0 Å². The van der Waals surface area contributed by atoms with Crippen molar-refractivity contribution in [3.8, 4) is 5.75 Å². The zero-order valence-corrected chi connectivity index (χ0v) is 12.8. The molecule has 1 N–H and O–H groups in total. The van der Waals surface area contributed by atoms with E-state index < -0.39 is 0 Å². The van der Waals surface area contributed by atoms with Gasteiger partial charge in [-0.1, -0.05) is 0 Å². The van der Waals surface area contributed by atoms with Gasteiger partial charge in [-0.05, 0) is 30.7 Å². The van der Waals surface area contributed by atoms with Gasteiger partial charge in [0.25, 0.3) is 0 Å². The molecule has 20 heavy (non-hydrogen) atoms. The Balaban J connectivity index is 2.09. The number of hydrogen-bond donors (Lipinski definition) is 1. The van der Waals surface area contributed by atoms with Crippen LogP contribution >= 0.6 is 0 Å². The van der Waals surface area contributed by atoms with Crippen molar-refractivity contribution in [2.45, 2.75) is 13.5 Å². The Kier molecular flexibility index (Phi) is 4.17. The largest absolute Gasteiger partial charge is 0.497 e. The van der Waals surface area contributed by atoms with Gasteiger partial charge in [0.1, 0.15) is 5.75 Å². The number of methoxy groups -OCH3 is 1. The summed E-state index contributed by atoms with van der Waals surface area (Å²) in [5.74, 6) is 1.83. The summed E-state index contributed by atoms with van der Waals surface area (Å²) in [6.07, 6.45) is 1.90. The molecule has 0 spiro atoms. The first-order valence-corrected chi connectivity index (χ1v) is 6.59. The highest BCUT2D eigenvalue weighted by atomic mass is 16.5. The van der Waals surface area contributed by atoms with Crippen molar-refractivity contribution in [2.75, 3.05) is 31.4 Å². The number of ether oxygens (including phenoxy) is 1. The van der Waals surface area contributed by atoms with Gasteiger partial charge >= 0.3 is 0 Å². The number of benzene rings is 1. The standard InChI is InChI=1S/C15H22N4O/c1-11-8-13(20-5)6-7-14(11)16-9-12-10-17-15(18(2)3)19(12)4/h6-8,10,16H,9H2,1-5H3. The lowest BCUT2D eigenvalue weighted by Crippen LogP contribution is -2.15. The van der Waals surface area contributed by atoms with Crippen LogP contribution in [0.25, 0.3) is 0 Å². The maximum atomic E-state index is 5.21. The highest BCUT2D eigenvalue weighted by molar-refractivity contribution is 5.53. The maximum absolute atomic E-state index is 5.21. The van der Waals surface area contributed by atoms with Crippen molar-refractivity contribution in [1.29, 1.82) is 0 Å². The molecule has 0 saturated carbocycles. The first kappa shape index (κ1) is 14.2. The van der Waals surface area contributed by atoms with Crippen molar-refractivity contribution < 1.29 is 4.74 Å². The zero-order valence-electron chi connectivity index (χ0n) is 12.8. The minimum atomic E-state index is 0.741. The molecule has 0 aliphatic carbocycles. The topological polar surface area (TPSA) is 42.3 Å². The second kappa shape index (κ2) is 5.86. The third kappa shape index (κ3) is 2.87. The van der Waals surface area contributed by atoms with E-state index in [0.29, 0.717) is 0 Å². The molecule has 0 fully saturated rings. The SMILES string of the molecule is COc1ccc(NCc2cnc(N(C)C)n2C)c(C)c1. The van der Waals surface area contributed by atoms with E-state index in [9.17, 15) is 0 Å². The van der Waals surface area contributed by atoms with Gasteiger partial charge < -0.3 is 19.5 Å². The Bertz CT molecular complexity index is 590. The van der Waals surface area contributed by atoms with Gasteiger partial charge in [-0.15, -0.1) is 0 Å². The molecule has 0 radical (unpaired) electrons. The van der Waals surface area contributed by atoms with E-state index in [1.165, 1.54) is 5.56 Å². The van der Waals surface area contributed by atoms with Crippen molar-refractivity contribution in [3.05, 3.63) is 35.7 Å². The summed E-state index contributed by atoms with van der Waals surface area (Å²) in [7, 11) is 7.70. The third-order valence-electron chi connectivity index (χ3n) is 3.35. The van der Waals surface area contributed by atoms with Crippen LogP contribution in [0.2, 0.25) is 0 Å². The first-order valence-electron chi connectivity index (χ1n) is 6.59. The average molecular weight is 274 g/mol. The third-order valence-corrected chi connectivity index (χ3v) is 3.35. The average Bonchev–Trinajstić information content (AvgIpc) is 2.78. The van der Waals surface area contributed by atoms with Gasteiger partial charge in [0.15, 0.2) is 0 Å². The van der Waals surface area contributed by atoms with Crippen LogP contribution in [0.15, 0.2) is 24.4 Å². The summed E-state index contributed by atoms with van der Waals surface area (Å²) >= 11 is 0. The fraction of sp³-hybridized carbons (Fsp3) is 0.400. The van der Waals surface area contributed by atoms with Crippen LogP contribution in [-0.4, -0.2) is 30.8 Å². The molecular formula is C15H22N4O. The minimum absolute atomic E-state index is 0.741. The molecule has 1 aromatic heterocycles. The Labute approximate surface area is 120 Å². The molecule has 0 saturated heterocycles. The zero-order chi connectivity index (χ0) is 14.7. The van der Waals surface area contributed by atoms with Gasteiger partial charge in [0.2, 0.25) is 5.95 Å². The summed E-state index contributed by atoms with van der Waals surface area (Å²) < 4.78 is 7.30. The van der Waals surface area contributed by atoms with Gasteiger partial charge in [0, 0.05) is 26.8 Å². The molecule has 0 amide bonds. The van der Waals surface area contributed by atoms with Crippen molar-refractivity contribution >= 4 is 11.6 Å². The van der Waals surface area contributed by atoms with Crippen LogP contribution in [0.4, 0.5) is 11.6 Å². The lowest BCUT2D eigenvalue weighted by Gasteiger charge is -2.14. The molecule has 0 unspecified atom stereocenters. The molecule has 2 aromatic rings. The Morgan fingerprint density at radius 2 is 2.10 bits per heavy atom. The van der Waals surface area contributed by atoms with Crippen LogP contribution in [0.1, 0.15) is 11.3 Å². The predicted molar refractivity (Wildman–Crippen MR) is 82.6 cm³/mol. The molecule has 0 bridgehead atoms. The second-order valence-corrected chi connectivity index (χ2v) is 5.04. The molecule has 0 aliphatic heterocycles. The summed E-state index contributed by atoms with van der Waals surface area (Å²) in [6.45, 7) is 2.81. The fourth-order valence-electron chi connectivity index (χ4n) is 2.16. The lowest BCUT2D eigenvalue weighted by molar-refractivity contribution is 0.414. The lowest BCUT2D eigenvalue weighted by atomic mass is 10.2. The predicted octanol–water partition coefficient (Wildman–Crippen LogP) is 2.42. The van der Waals surface area contributed by atoms with Crippen molar-refractivity contribution in [1.82, 2.24) is 9.55 Å².